The van der Waals surface area contributed by atoms with Gasteiger partial charge in [-0.1, -0.05) is 48.5 Å². The van der Waals surface area contributed by atoms with Crippen molar-refractivity contribution in [3.05, 3.63) is 72.8 Å². The van der Waals surface area contributed by atoms with E-state index in [2.05, 4.69) is 24.7 Å². The Morgan fingerprint density at radius 2 is 1.51 bits per heavy atom. The minimum absolute atomic E-state index is 0.0150. The molecule has 4 aromatic rings. The van der Waals surface area contributed by atoms with Crippen LogP contribution in [0.2, 0.25) is 0 Å². The Kier molecular flexibility index (Phi) is 8.05. The minimum Gasteiger partial charge on any atom is -0.404 e. The number of nitrogens with zero attached hydrogens (tertiary/aromatic N) is 3. The Bertz CT molecular complexity index is 1620. The van der Waals surface area contributed by atoms with Crippen molar-refractivity contribution in [2.45, 2.75) is 49.0 Å². The fourth-order valence-corrected chi connectivity index (χ4v) is 6.45. The van der Waals surface area contributed by atoms with E-state index in [0.29, 0.717) is 42.8 Å². The molecule has 3 aromatic carbocycles. The first kappa shape index (κ1) is 28.6. The van der Waals surface area contributed by atoms with Crippen molar-refractivity contribution in [1.29, 1.82) is 0 Å². The molecule has 0 amide bonds. The van der Waals surface area contributed by atoms with Crippen molar-refractivity contribution in [1.82, 2.24) is 14.7 Å². The topological polar surface area (TPSA) is 96.5 Å². The summed E-state index contributed by atoms with van der Waals surface area (Å²) < 4.78 is 72.9. The predicted molar refractivity (Wildman–Crippen MR) is 152 cm³/mol. The fourth-order valence-electron chi connectivity index (χ4n) is 5.03. The Labute approximate surface area is 236 Å². The van der Waals surface area contributed by atoms with Crippen LogP contribution in [0.1, 0.15) is 25.7 Å². The summed E-state index contributed by atoms with van der Waals surface area (Å²) in [7, 11) is -0.477. The molecule has 0 saturated heterocycles. The number of rotatable bonds is 8. The van der Waals surface area contributed by atoms with E-state index in [1.165, 1.54) is 6.07 Å². The van der Waals surface area contributed by atoms with Crippen LogP contribution in [0, 0.1) is 0 Å². The van der Waals surface area contributed by atoms with E-state index in [1.54, 1.807) is 30.3 Å². The second kappa shape index (κ2) is 11.5. The van der Waals surface area contributed by atoms with E-state index >= 15 is 0 Å². The van der Waals surface area contributed by atoms with Crippen LogP contribution in [0.5, 0.6) is 5.75 Å². The maximum Gasteiger partial charge on any atom is 0.573 e. The molecule has 8 nitrogen and oxygen atoms in total. The second-order valence-electron chi connectivity index (χ2n) is 10.2. The number of anilines is 2. The maximum atomic E-state index is 13.3. The lowest BCUT2D eigenvalue weighted by Gasteiger charge is -2.30. The third kappa shape index (κ3) is 6.88. The largest absolute Gasteiger partial charge is 0.573 e. The van der Waals surface area contributed by atoms with E-state index in [4.69, 9.17) is 0 Å². The quantitative estimate of drug-likeness (QED) is 0.263. The Morgan fingerprint density at radius 1 is 0.854 bits per heavy atom. The highest BCUT2D eigenvalue weighted by Crippen LogP contribution is 2.35. The van der Waals surface area contributed by atoms with Crippen molar-refractivity contribution in [2.24, 2.45) is 0 Å². The molecule has 41 heavy (non-hydrogen) atoms. The molecule has 1 aliphatic rings. The molecule has 1 fully saturated rings. The molecule has 0 spiro atoms. The number of sulfonamides is 1. The lowest BCUT2D eigenvalue weighted by molar-refractivity contribution is -0.275. The molecule has 0 aliphatic heterocycles. The number of aromatic nitrogens is 2. The fraction of sp³-hybridized carbons (Fsp3) is 0.310. The summed E-state index contributed by atoms with van der Waals surface area (Å²) in [5.41, 5.74) is 1.85. The second-order valence-corrected chi connectivity index (χ2v) is 11.9. The summed E-state index contributed by atoms with van der Waals surface area (Å²) in [5.74, 6) is 0.505. The summed E-state index contributed by atoms with van der Waals surface area (Å²) in [6.45, 7) is 0. The lowest BCUT2D eigenvalue weighted by atomic mass is 9.92. The van der Waals surface area contributed by atoms with Crippen LogP contribution in [0.15, 0.2) is 77.7 Å². The van der Waals surface area contributed by atoms with Crippen LogP contribution >= 0.6 is 0 Å². The van der Waals surface area contributed by atoms with Gasteiger partial charge in [-0.2, -0.15) is 4.98 Å². The van der Waals surface area contributed by atoms with E-state index < -0.39 is 33.1 Å². The van der Waals surface area contributed by atoms with Crippen molar-refractivity contribution in [3.8, 4) is 16.9 Å². The number of hydrogen-bond acceptors (Lipinski definition) is 7. The summed E-state index contributed by atoms with van der Waals surface area (Å²) in [5, 5.41) is 4.31. The van der Waals surface area contributed by atoms with E-state index in [1.807, 2.05) is 43.3 Å². The van der Waals surface area contributed by atoms with Gasteiger partial charge in [-0.05, 0) is 61.1 Å². The van der Waals surface area contributed by atoms with Gasteiger partial charge in [0.25, 0.3) is 0 Å². The van der Waals surface area contributed by atoms with E-state index in [0.717, 1.165) is 28.9 Å². The number of para-hydroxylation sites is 1. The summed E-state index contributed by atoms with van der Waals surface area (Å²) in [4.78, 5) is 10.7. The third-order valence-corrected chi connectivity index (χ3v) is 8.51. The average molecular weight is 586 g/mol. The van der Waals surface area contributed by atoms with Crippen molar-refractivity contribution in [3.63, 3.8) is 0 Å². The number of alkyl halides is 3. The zero-order valence-corrected chi connectivity index (χ0v) is 23.3. The van der Waals surface area contributed by atoms with Gasteiger partial charge >= 0.3 is 6.36 Å². The molecular weight excluding hydrogens is 555 g/mol. The molecule has 12 heteroatoms. The van der Waals surface area contributed by atoms with Crippen LogP contribution in [-0.2, 0) is 10.0 Å². The zero-order valence-electron chi connectivity index (χ0n) is 22.5. The van der Waals surface area contributed by atoms with Gasteiger partial charge in [-0.15, -0.1) is 13.2 Å². The van der Waals surface area contributed by atoms with E-state index in [-0.39, 0.29) is 6.04 Å². The van der Waals surface area contributed by atoms with Crippen molar-refractivity contribution in [2.75, 3.05) is 24.3 Å². The molecule has 0 unspecified atom stereocenters. The molecular formula is C29H30F3N5O3S. The molecule has 0 atom stereocenters. The first-order valence-corrected chi connectivity index (χ1v) is 14.6. The first-order chi connectivity index (χ1) is 19.5. The molecule has 1 aliphatic carbocycles. The van der Waals surface area contributed by atoms with Gasteiger partial charge in [0.15, 0.2) is 0 Å². The van der Waals surface area contributed by atoms with Crippen LogP contribution < -0.4 is 19.7 Å². The molecule has 216 valence electrons. The minimum atomic E-state index is -5.05. The van der Waals surface area contributed by atoms with Crippen molar-refractivity contribution >= 4 is 32.7 Å². The number of ether oxygens (including phenoxy) is 1. The smallest absolute Gasteiger partial charge is 0.404 e. The summed E-state index contributed by atoms with van der Waals surface area (Å²) >= 11 is 0. The molecule has 1 heterocycles. The van der Waals surface area contributed by atoms with Crippen LogP contribution in [-0.4, -0.2) is 50.9 Å². The van der Waals surface area contributed by atoms with Gasteiger partial charge in [-0.3, -0.25) is 0 Å². The van der Waals surface area contributed by atoms with Crippen LogP contribution in [0.3, 0.4) is 0 Å². The molecule has 2 N–H and O–H groups in total. The highest BCUT2D eigenvalue weighted by Gasteiger charge is 2.35. The number of fused-ring (bicyclic) bond motifs is 1. The van der Waals surface area contributed by atoms with Crippen molar-refractivity contribution < 1.29 is 26.3 Å². The maximum absolute atomic E-state index is 13.3. The lowest BCUT2D eigenvalue weighted by Crippen LogP contribution is -2.40. The van der Waals surface area contributed by atoms with Gasteiger partial charge in [0, 0.05) is 31.6 Å². The highest BCUT2D eigenvalue weighted by molar-refractivity contribution is 7.89. The molecule has 5 rings (SSSR count). The number of benzene rings is 3. The number of hydrogen-bond donors (Lipinski definition) is 2. The number of halogens is 3. The Hall–Kier alpha value is -3.90. The SMILES string of the molecule is CN(C)c1nc(N[C@H]2CC[C@@H](NS(=O)(=O)c3ccc(-c4ccccc4)cc3OC(F)(F)F)CC2)nc2ccccc12. The number of nitrogens with one attached hydrogen (secondary N) is 2. The normalized spacial score (nSPS) is 17.8. The molecule has 1 aromatic heterocycles. The van der Waals surface area contributed by atoms with Gasteiger partial charge in [-0.25, -0.2) is 18.1 Å². The Morgan fingerprint density at radius 3 is 2.20 bits per heavy atom. The highest BCUT2D eigenvalue weighted by atomic mass is 32.2. The van der Waals surface area contributed by atoms with Gasteiger partial charge in [0.2, 0.25) is 16.0 Å². The van der Waals surface area contributed by atoms with Gasteiger partial charge in [0.05, 0.1) is 5.52 Å². The van der Waals surface area contributed by atoms with Crippen LogP contribution in [0.25, 0.3) is 22.0 Å². The summed E-state index contributed by atoms with van der Waals surface area (Å²) in [6, 6.07) is 19.7. The zero-order chi connectivity index (χ0) is 29.2. The molecule has 0 radical (unpaired) electrons. The van der Waals surface area contributed by atoms with Gasteiger partial charge < -0.3 is 15.0 Å². The predicted octanol–water partition coefficient (Wildman–Crippen LogP) is 5.96. The van der Waals surface area contributed by atoms with E-state index in [9.17, 15) is 21.6 Å². The van der Waals surface area contributed by atoms with Crippen LogP contribution in [0.4, 0.5) is 24.9 Å². The van der Waals surface area contributed by atoms with Gasteiger partial charge in [0.1, 0.15) is 16.5 Å². The third-order valence-electron chi connectivity index (χ3n) is 6.95. The molecule has 0 bridgehead atoms. The summed E-state index contributed by atoms with van der Waals surface area (Å²) in [6.07, 6.45) is -2.83. The first-order valence-electron chi connectivity index (χ1n) is 13.2. The molecule has 1 saturated carbocycles. The monoisotopic (exact) mass is 585 g/mol. The Balaban J connectivity index is 1.28. The average Bonchev–Trinajstić information content (AvgIpc) is 2.93. The standard InChI is InChI=1S/C29H30F3N5O3S/c1-37(2)27-23-10-6-7-11-24(23)34-28(35-27)33-21-13-15-22(16-14-21)36-41(38,39)26-17-12-20(19-8-4-3-5-9-19)18-25(26)40-29(30,31)32/h3-12,17-18,21-22,36H,13-16H2,1-2H3,(H,33,34,35)/t21-,22+.